The minimum absolute atomic E-state index is 0.107. The molecule has 2 aromatic carbocycles. The van der Waals surface area contributed by atoms with Crippen LogP contribution in [0.3, 0.4) is 0 Å². The molecule has 2 aliphatic rings. The second-order valence-electron chi connectivity index (χ2n) is 8.37. The van der Waals surface area contributed by atoms with Crippen molar-refractivity contribution in [3.8, 4) is 0 Å². The maximum Gasteiger partial charge on any atom is 0.338 e. The van der Waals surface area contributed by atoms with E-state index < -0.39 is 12.1 Å². The Kier molecular flexibility index (Phi) is 5.75. The third-order valence-electron chi connectivity index (χ3n) is 6.16. The van der Waals surface area contributed by atoms with Gasteiger partial charge in [0.1, 0.15) is 0 Å². The van der Waals surface area contributed by atoms with Crippen molar-refractivity contribution in [2.45, 2.75) is 32.5 Å². The maximum atomic E-state index is 12.8. The first-order chi connectivity index (χ1) is 16.4. The van der Waals surface area contributed by atoms with Crippen LogP contribution in [0.2, 0.25) is 0 Å². The fraction of sp³-hybridized carbons (Fsp3) is 0.231. The summed E-state index contributed by atoms with van der Waals surface area (Å²) in [5.74, 6) is -1.47. The summed E-state index contributed by atoms with van der Waals surface area (Å²) < 4.78 is 5.42. The third kappa shape index (κ3) is 4.01. The Bertz CT molecular complexity index is 1260. The number of benzene rings is 2. The monoisotopic (exact) mass is 474 g/mol. The predicted molar refractivity (Wildman–Crippen MR) is 125 cm³/mol. The van der Waals surface area contributed by atoms with Crippen LogP contribution in [0.5, 0.6) is 0 Å². The minimum atomic E-state index is -0.897. The molecule has 34 heavy (non-hydrogen) atoms. The van der Waals surface area contributed by atoms with Crippen LogP contribution < -0.4 is 0 Å². The van der Waals surface area contributed by atoms with Crippen molar-refractivity contribution >= 4 is 35.0 Å². The van der Waals surface area contributed by atoms with Crippen LogP contribution >= 0.6 is 11.3 Å². The second kappa shape index (κ2) is 8.87. The fourth-order valence-corrected chi connectivity index (χ4v) is 5.17. The van der Waals surface area contributed by atoms with Crippen LogP contribution in [0.4, 0.5) is 0 Å². The molecule has 1 atom stereocenters. The van der Waals surface area contributed by atoms with Crippen LogP contribution in [-0.2, 0) is 29.0 Å². The minimum Gasteiger partial charge on any atom is -0.449 e. The molecule has 2 aliphatic heterocycles. The van der Waals surface area contributed by atoms with Crippen molar-refractivity contribution in [1.29, 1.82) is 0 Å². The summed E-state index contributed by atoms with van der Waals surface area (Å²) >= 11 is 1.70. The number of nitrogens with zero attached hydrogens (tertiary/aromatic N) is 2. The smallest absolute Gasteiger partial charge is 0.338 e. The largest absolute Gasteiger partial charge is 0.449 e. The van der Waals surface area contributed by atoms with Crippen LogP contribution in [0, 0.1) is 0 Å². The molecule has 1 aromatic heterocycles. The van der Waals surface area contributed by atoms with Crippen molar-refractivity contribution in [2.24, 2.45) is 0 Å². The highest BCUT2D eigenvalue weighted by Gasteiger charge is 2.35. The molecule has 0 saturated heterocycles. The summed E-state index contributed by atoms with van der Waals surface area (Å²) in [6, 6.07) is 15.3. The van der Waals surface area contributed by atoms with Gasteiger partial charge < -0.3 is 9.64 Å². The third-order valence-corrected chi connectivity index (χ3v) is 7.18. The molecule has 3 aromatic rings. The van der Waals surface area contributed by atoms with E-state index in [0.29, 0.717) is 35.3 Å². The highest BCUT2D eigenvalue weighted by atomic mass is 32.1. The number of thiophene rings is 1. The van der Waals surface area contributed by atoms with Gasteiger partial charge in [-0.2, -0.15) is 0 Å². The number of carbonyl (C=O) groups excluding carboxylic acids is 4. The molecule has 0 radical (unpaired) electrons. The second-order valence-corrected chi connectivity index (χ2v) is 9.37. The van der Waals surface area contributed by atoms with E-state index in [1.807, 2.05) is 11.4 Å². The van der Waals surface area contributed by atoms with Gasteiger partial charge in [-0.3, -0.25) is 19.3 Å². The fourth-order valence-electron chi connectivity index (χ4n) is 4.28. The number of amides is 3. The van der Waals surface area contributed by atoms with Gasteiger partial charge in [-0.25, -0.2) is 4.79 Å². The van der Waals surface area contributed by atoms with Gasteiger partial charge in [0, 0.05) is 18.0 Å². The molecule has 8 heteroatoms. The van der Waals surface area contributed by atoms with E-state index >= 15 is 0 Å². The first-order valence-electron chi connectivity index (χ1n) is 11.0. The zero-order valence-corrected chi connectivity index (χ0v) is 19.3. The van der Waals surface area contributed by atoms with Gasteiger partial charge in [0.05, 0.1) is 23.2 Å². The molecule has 172 valence electrons. The van der Waals surface area contributed by atoms with Gasteiger partial charge in [0.15, 0.2) is 6.10 Å². The zero-order valence-electron chi connectivity index (χ0n) is 18.5. The summed E-state index contributed by atoms with van der Waals surface area (Å²) in [5, 5.41) is 2.03. The molecule has 3 amide bonds. The SMILES string of the molecule is CC(OC(=O)c1ccc(CN2C(=O)c3ccccc3C2=O)cc1)C(=O)N1CCc2sccc2C1. The Labute approximate surface area is 200 Å². The number of imide groups is 1. The average Bonchev–Trinajstić information content (AvgIpc) is 3.42. The van der Waals surface area contributed by atoms with Crippen molar-refractivity contribution < 1.29 is 23.9 Å². The van der Waals surface area contributed by atoms with E-state index in [-0.39, 0.29) is 24.3 Å². The molecule has 0 aliphatic carbocycles. The summed E-state index contributed by atoms with van der Waals surface area (Å²) in [4.78, 5) is 54.7. The Morgan fingerprint density at radius 3 is 2.35 bits per heavy atom. The number of rotatable bonds is 5. The standard InChI is InChI=1S/C26H22N2O5S/c1-16(23(29)27-12-10-22-19(15-27)11-13-34-22)33-26(32)18-8-6-17(7-9-18)14-28-24(30)20-4-2-3-5-21(20)25(28)31/h2-9,11,13,16H,10,12,14-15H2,1H3. The number of hydrogen-bond donors (Lipinski definition) is 0. The number of fused-ring (bicyclic) bond motifs is 2. The first kappa shape index (κ1) is 22.0. The lowest BCUT2D eigenvalue weighted by Crippen LogP contribution is -2.42. The van der Waals surface area contributed by atoms with Gasteiger partial charge in [0.25, 0.3) is 17.7 Å². The molecule has 0 spiro atoms. The van der Waals surface area contributed by atoms with Gasteiger partial charge in [-0.05, 0) is 60.2 Å². The summed E-state index contributed by atoms with van der Waals surface area (Å²) in [5.41, 5.74) is 2.95. The Balaban J connectivity index is 1.19. The molecule has 7 nitrogen and oxygen atoms in total. The van der Waals surface area contributed by atoms with E-state index in [0.717, 1.165) is 12.0 Å². The molecule has 1 unspecified atom stereocenters. The lowest BCUT2D eigenvalue weighted by atomic mass is 10.1. The topological polar surface area (TPSA) is 84.0 Å². The lowest BCUT2D eigenvalue weighted by molar-refractivity contribution is -0.140. The van der Waals surface area contributed by atoms with E-state index in [1.165, 1.54) is 9.78 Å². The molecule has 5 rings (SSSR count). The van der Waals surface area contributed by atoms with Crippen LogP contribution in [0.1, 0.15) is 54.0 Å². The molecule has 0 fully saturated rings. The van der Waals surface area contributed by atoms with Gasteiger partial charge in [-0.1, -0.05) is 24.3 Å². The maximum absolute atomic E-state index is 12.8. The Morgan fingerprint density at radius 1 is 1.00 bits per heavy atom. The number of ether oxygens (including phenoxy) is 1. The van der Waals surface area contributed by atoms with Crippen molar-refractivity contribution in [3.63, 3.8) is 0 Å². The normalized spacial score (nSPS) is 15.7. The van der Waals surface area contributed by atoms with Gasteiger partial charge in [-0.15, -0.1) is 11.3 Å². The zero-order chi connectivity index (χ0) is 23.8. The lowest BCUT2D eigenvalue weighted by Gasteiger charge is -2.29. The van der Waals surface area contributed by atoms with Crippen LogP contribution in [-0.4, -0.2) is 46.1 Å². The molecule has 0 bridgehead atoms. The van der Waals surface area contributed by atoms with Gasteiger partial charge in [0.2, 0.25) is 0 Å². The van der Waals surface area contributed by atoms with Crippen LogP contribution in [0.15, 0.2) is 60.0 Å². The van der Waals surface area contributed by atoms with E-state index in [9.17, 15) is 19.2 Å². The first-order valence-corrected chi connectivity index (χ1v) is 11.9. The highest BCUT2D eigenvalue weighted by Crippen LogP contribution is 2.26. The number of hydrogen-bond acceptors (Lipinski definition) is 6. The molecular weight excluding hydrogens is 452 g/mol. The van der Waals surface area contributed by atoms with Gasteiger partial charge >= 0.3 is 5.97 Å². The van der Waals surface area contributed by atoms with Crippen molar-refractivity contribution in [2.75, 3.05) is 6.54 Å². The molecule has 0 N–H and O–H groups in total. The Hall–Kier alpha value is -3.78. The average molecular weight is 475 g/mol. The van der Waals surface area contributed by atoms with Crippen molar-refractivity contribution in [1.82, 2.24) is 9.80 Å². The number of esters is 1. The highest BCUT2D eigenvalue weighted by molar-refractivity contribution is 7.10. The summed E-state index contributed by atoms with van der Waals surface area (Å²) in [6.45, 7) is 2.84. The van der Waals surface area contributed by atoms with Crippen LogP contribution in [0.25, 0.3) is 0 Å². The molecular formula is C26H22N2O5S. The quantitative estimate of drug-likeness (QED) is 0.416. The predicted octanol–water partition coefficient (Wildman–Crippen LogP) is 3.67. The number of carbonyl (C=O) groups is 4. The molecule has 0 saturated carbocycles. The summed E-state index contributed by atoms with van der Waals surface area (Å²) in [6.07, 6.45) is -0.0840. The Morgan fingerprint density at radius 2 is 1.68 bits per heavy atom. The van der Waals surface area contributed by atoms with E-state index in [4.69, 9.17) is 4.74 Å². The van der Waals surface area contributed by atoms with Crippen molar-refractivity contribution in [3.05, 3.63) is 92.7 Å². The van der Waals surface area contributed by atoms with E-state index in [1.54, 1.807) is 71.7 Å². The molecule has 3 heterocycles. The summed E-state index contributed by atoms with van der Waals surface area (Å²) in [7, 11) is 0. The van der Waals surface area contributed by atoms with E-state index in [2.05, 4.69) is 0 Å².